The minimum Gasteiger partial charge on any atom is -0.384 e. The van der Waals surface area contributed by atoms with E-state index in [1.54, 1.807) is 6.07 Å². The van der Waals surface area contributed by atoms with Crippen LogP contribution in [0.3, 0.4) is 0 Å². The van der Waals surface area contributed by atoms with Crippen LogP contribution in [0.5, 0.6) is 0 Å². The number of para-hydroxylation sites is 1. The molecule has 0 aliphatic rings. The molecule has 3 rings (SSSR count). The standard InChI is InChI=1S/C14H15N5/c1-19-11-5-3-2-4-9(11)6-12(19)10-7-13(16)18-14(8-15)17-10/h2-7H,8,15H2,1H3,(H2,16,17,18). The van der Waals surface area contributed by atoms with Crippen molar-refractivity contribution in [1.82, 2.24) is 14.5 Å². The van der Waals surface area contributed by atoms with Crippen LogP contribution in [0.15, 0.2) is 36.4 Å². The van der Waals surface area contributed by atoms with Gasteiger partial charge < -0.3 is 16.0 Å². The highest BCUT2D eigenvalue weighted by Gasteiger charge is 2.10. The third-order valence-electron chi connectivity index (χ3n) is 3.19. The zero-order valence-corrected chi connectivity index (χ0v) is 10.7. The van der Waals surface area contributed by atoms with Crippen LogP contribution < -0.4 is 11.5 Å². The van der Waals surface area contributed by atoms with E-state index in [0.717, 1.165) is 16.9 Å². The molecule has 5 nitrogen and oxygen atoms in total. The Morgan fingerprint density at radius 2 is 1.95 bits per heavy atom. The van der Waals surface area contributed by atoms with Gasteiger partial charge in [0.1, 0.15) is 11.6 Å². The molecule has 0 unspecified atom stereocenters. The molecule has 19 heavy (non-hydrogen) atoms. The van der Waals surface area contributed by atoms with Gasteiger partial charge in [0.25, 0.3) is 0 Å². The maximum absolute atomic E-state index is 5.80. The van der Waals surface area contributed by atoms with E-state index < -0.39 is 0 Å². The fourth-order valence-electron chi connectivity index (χ4n) is 2.27. The molecule has 3 aromatic rings. The SMILES string of the molecule is Cn1c(-c2cc(N)nc(CN)n2)cc2ccccc21. The predicted octanol–water partition coefficient (Wildman–Crippen LogP) is 1.68. The Kier molecular flexibility index (Phi) is 2.68. The number of hydrogen-bond acceptors (Lipinski definition) is 4. The second-order valence-electron chi connectivity index (χ2n) is 4.45. The van der Waals surface area contributed by atoms with Gasteiger partial charge >= 0.3 is 0 Å². The third kappa shape index (κ3) is 1.94. The molecule has 0 amide bonds. The molecule has 0 saturated carbocycles. The highest BCUT2D eigenvalue weighted by molar-refractivity contribution is 5.86. The number of anilines is 1. The lowest BCUT2D eigenvalue weighted by Gasteiger charge is -2.06. The van der Waals surface area contributed by atoms with Gasteiger partial charge in [-0.25, -0.2) is 9.97 Å². The lowest BCUT2D eigenvalue weighted by atomic mass is 10.2. The van der Waals surface area contributed by atoms with Gasteiger partial charge in [-0.15, -0.1) is 0 Å². The van der Waals surface area contributed by atoms with E-state index >= 15 is 0 Å². The number of fused-ring (bicyclic) bond motifs is 1. The minimum absolute atomic E-state index is 0.280. The normalized spacial score (nSPS) is 11.1. The Balaban J connectivity index is 2.24. The smallest absolute Gasteiger partial charge is 0.145 e. The molecule has 0 saturated heterocycles. The van der Waals surface area contributed by atoms with E-state index in [-0.39, 0.29) is 6.54 Å². The topological polar surface area (TPSA) is 82.8 Å². The fourth-order valence-corrected chi connectivity index (χ4v) is 2.27. The number of benzene rings is 1. The van der Waals surface area contributed by atoms with E-state index in [2.05, 4.69) is 32.7 Å². The van der Waals surface area contributed by atoms with Crippen LogP contribution in [0.4, 0.5) is 5.82 Å². The van der Waals surface area contributed by atoms with Crippen molar-refractivity contribution in [2.24, 2.45) is 12.8 Å². The number of aromatic nitrogens is 3. The molecule has 2 aromatic heterocycles. The summed E-state index contributed by atoms with van der Waals surface area (Å²) in [6.45, 7) is 0.280. The Bertz CT molecular complexity index is 745. The maximum Gasteiger partial charge on any atom is 0.145 e. The average molecular weight is 253 g/mol. The van der Waals surface area contributed by atoms with Crippen LogP contribution in [-0.2, 0) is 13.6 Å². The first kappa shape index (κ1) is 11.7. The average Bonchev–Trinajstić information content (AvgIpc) is 2.76. The number of nitrogen functional groups attached to an aromatic ring is 1. The molecule has 4 N–H and O–H groups in total. The predicted molar refractivity (Wildman–Crippen MR) is 76.2 cm³/mol. The first-order valence-electron chi connectivity index (χ1n) is 6.07. The van der Waals surface area contributed by atoms with Gasteiger partial charge in [0.15, 0.2) is 0 Å². The van der Waals surface area contributed by atoms with Crippen molar-refractivity contribution >= 4 is 16.7 Å². The van der Waals surface area contributed by atoms with E-state index in [9.17, 15) is 0 Å². The molecule has 2 heterocycles. The second kappa shape index (κ2) is 4.37. The lowest BCUT2D eigenvalue weighted by molar-refractivity contribution is 0.903. The van der Waals surface area contributed by atoms with Crippen LogP contribution in [0, 0.1) is 0 Å². The summed E-state index contributed by atoms with van der Waals surface area (Å²) < 4.78 is 2.09. The van der Waals surface area contributed by atoms with Gasteiger partial charge in [-0.2, -0.15) is 0 Å². The van der Waals surface area contributed by atoms with E-state index in [4.69, 9.17) is 11.5 Å². The molecule has 5 heteroatoms. The summed E-state index contributed by atoms with van der Waals surface area (Å²) in [6, 6.07) is 12.1. The summed E-state index contributed by atoms with van der Waals surface area (Å²) in [5.41, 5.74) is 14.4. The molecule has 0 radical (unpaired) electrons. The highest BCUT2D eigenvalue weighted by atomic mass is 15.0. The largest absolute Gasteiger partial charge is 0.384 e. The van der Waals surface area contributed by atoms with Crippen molar-refractivity contribution in [2.45, 2.75) is 6.54 Å². The van der Waals surface area contributed by atoms with Crippen molar-refractivity contribution in [2.75, 3.05) is 5.73 Å². The Hall–Kier alpha value is -2.40. The van der Waals surface area contributed by atoms with Crippen molar-refractivity contribution in [3.63, 3.8) is 0 Å². The van der Waals surface area contributed by atoms with Gasteiger partial charge in [0, 0.05) is 24.0 Å². The molecular weight excluding hydrogens is 238 g/mol. The molecule has 0 fully saturated rings. The summed E-state index contributed by atoms with van der Waals surface area (Å²) in [5, 5.41) is 1.17. The zero-order valence-electron chi connectivity index (χ0n) is 10.7. The molecule has 0 spiro atoms. The van der Waals surface area contributed by atoms with E-state index in [0.29, 0.717) is 11.6 Å². The van der Waals surface area contributed by atoms with Gasteiger partial charge in [0.05, 0.1) is 17.9 Å². The van der Waals surface area contributed by atoms with Crippen LogP contribution in [0.2, 0.25) is 0 Å². The number of aryl methyl sites for hydroxylation is 1. The maximum atomic E-state index is 5.80. The minimum atomic E-state index is 0.280. The van der Waals surface area contributed by atoms with E-state index in [1.807, 2.05) is 19.2 Å². The molecule has 1 aromatic carbocycles. The number of nitrogens with two attached hydrogens (primary N) is 2. The Morgan fingerprint density at radius 1 is 1.16 bits per heavy atom. The molecule has 0 aliphatic carbocycles. The molecule has 0 aliphatic heterocycles. The monoisotopic (exact) mass is 253 g/mol. The zero-order chi connectivity index (χ0) is 13.4. The van der Waals surface area contributed by atoms with Crippen LogP contribution >= 0.6 is 0 Å². The summed E-state index contributed by atoms with van der Waals surface area (Å²) in [5.74, 6) is 0.996. The summed E-state index contributed by atoms with van der Waals surface area (Å²) in [6.07, 6.45) is 0. The van der Waals surface area contributed by atoms with Crippen molar-refractivity contribution in [1.29, 1.82) is 0 Å². The first-order valence-corrected chi connectivity index (χ1v) is 6.07. The number of nitrogens with zero attached hydrogens (tertiary/aromatic N) is 3. The second-order valence-corrected chi connectivity index (χ2v) is 4.45. The van der Waals surface area contributed by atoms with Crippen molar-refractivity contribution in [3.05, 3.63) is 42.2 Å². The highest BCUT2D eigenvalue weighted by Crippen LogP contribution is 2.26. The Morgan fingerprint density at radius 3 is 2.68 bits per heavy atom. The summed E-state index contributed by atoms with van der Waals surface area (Å²) >= 11 is 0. The molecular formula is C14H15N5. The third-order valence-corrected chi connectivity index (χ3v) is 3.19. The number of rotatable bonds is 2. The van der Waals surface area contributed by atoms with Crippen LogP contribution in [-0.4, -0.2) is 14.5 Å². The quantitative estimate of drug-likeness (QED) is 0.727. The first-order chi connectivity index (χ1) is 9.19. The van der Waals surface area contributed by atoms with Gasteiger partial charge in [0.2, 0.25) is 0 Å². The molecule has 0 bridgehead atoms. The number of hydrogen-bond donors (Lipinski definition) is 2. The summed E-state index contributed by atoms with van der Waals surface area (Å²) in [7, 11) is 2.01. The van der Waals surface area contributed by atoms with Crippen molar-refractivity contribution in [3.8, 4) is 11.4 Å². The fraction of sp³-hybridized carbons (Fsp3) is 0.143. The van der Waals surface area contributed by atoms with Crippen molar-refractivity contribution < 1.29 is 0 Å². The van der Waals surface area contributed by atoms with E-state index in [1.165, 1.54) is 5.39 Å². The van der Waals surface area contributed by atoms with Gasteiger partial charge in [-0.3, -0.25) is 0 Å². The van der Waals surface area contributed by atoms with Gasteiger partial charge in [-0.1, -0.05) is 18.2 Å². The molecule has 96 valence electrons. The van der Waals surface area contributed by atoms with Crippen LogP contribution in [0.1, 0.15) is 5.82 Å². The molecule has 0 atom stereocenters. The Labute approximate surface area is 110 Å². The lowest BCUT2D eigenvalue weighted by Crippen LogP contribution is -2.07. The van der Waals surface area contributed by atoms with Gasteiger partial charge in [-0.05, 0) is 12.1 Å². The van der Waals surface area contributed by atoms with Crippen LogP contribution in [0.25, 0.3) is 22.3 Å². The summed E-state index contributed by atoms with van der Waals surface area (Å²) in [4.78, 5) is 8.54.